The van der Waals surface area contributed by atoms with Gasteiger partial charge in [0, 0.05) is 49.6 Å². The highest BCUT2D eigenvalue weighted by atomic mass is 16.3. The lowest BCUT2D eigenvalue weighted by Gasteiger charge is -2.42. The maximum absolute atomic E-state index is 13.4. The number of benzene rings is 8. The summed E-state index contributed by atoms with van der Waals surface area (Å²) in [4.78, 5) is 2.26. The van der Waals surface area contributed by atoms with Gasteiger partial charge in [-0.05, 0) is 140 Å². The van der Waals surface area contributed by atoms with Gasteiger partial charge in [0.15, 0.2) is 0 Å². The molecular formula is C66H64BN3O2. The summed E-state index contributed by atoms with van der Waals surface area (Å²) in [5.41, 5.74) is 23.2. The van der Waals surface area contributed by atoms with E-state index in [1.165, 1.54) is 88.3 Å². The zero-order chi connectivity index (χ0) is 50.6. The lowest BCUT2D eigenvalue weighted by molar-refractivity contribution is 0.441. The number of hydrogen-bond acceptors (Lipinski definition) is 3. The molecule has 2 aromatic heterocycles. The summed E-state index contributed by atoms with van der Waals surface area (Å²) in [6, 6.07) is 45.1. The number of aromatic nitrogens is 2. The highest BCUT2D eigenvalue weighted by Gasteiger charge is 2.47. The molecule has 0 bridgehead atoms. The van der Waals surface area contributed by atoms with E-state index in [-0.39, 0.29) is 34.5 Å². The van der Waals surface area contributed by atoms with E-state index in [0.29, 0.717) is 5.69 Å². The van der Waals surface area contributed by atoms with Crippen LogP contribution in [0.2, 0.25) is 0 Å². The Bertz CT molecular complexity index is 4060. The van der Waals surface area contributed by atoms with Crippen LogP contribution in [0.5, 0.6) is 11.5 Å². The summed E-state index contributed by atoms with van der Waals surface area (Å²) in [6.07, 6.45) is 0. The molecule has 0 spiro atoms. The van der Waals surface area contributed by atoms with Crippen molar-refractivity contribution in [2.75, 3.05) is 4.90 Å². The summed E-state index contributed by atoms with van der Waals surface area (Å²) in [5.74, 6) is 0.147. The largest absolute Gasteiger partial charge is 0.506 e. The van der Waals surface area contributed by atoms with Crippen LogP contribution in [0, 0.1) is 20.8 Å². The molecule has 0 saturated heterocycles. The van der Waals surface area contributed by atoms with Crippen LogP contribution < -0.4 is 21.3 Å². The summed E-state index contributed by atoms with van der Waals surface area (Å²) >= 11 is 0. The smallest absolute Gasteiger partial charge is 0.252 e. The lowest BCUT2D eigenvalue weighted by atomic mass is 9.33. The van der Waals surface area contributed by atoms with Crippen molar-refractivity contribution in [1.29, 1.82) is 0 Å². The average molecular weight is 942 g/mol. The van der Waals surface area contributed by atoms with Gasteiger partial charge in [-0.2, -0.15) is 0 Å². The van der Waals surface area contributed by atoms with Crippen molar-refractivity contribution in [3.63, 3.8) is 0 Å². The van der Waals surface area contributed by atoms with E-state index in [0.717, 1.165) is 50.1 Å². The zero-order valence-electron chi connectivity index (χ0n) is 44.4. The van der Waals surface area contributed by atoms with Gasteiger partial charge < -0.3 is 24.2 Å². The minimum atomic E-state index is -0.538. The van der Waals surface area contributed by atoms with Gasteiger partial charge in [-0.25, -0.2) is 0 Å². The maximum Gasteiger partial charge on any atom is 0.252 e. The molecule has 2 aliphatic heterocycles. The minimum Gasteiger partial charge on any atom is -0.506 e. The van der Waals surface area contributed by atoms with Gasteiger partial charge in [0.05, 0.1) is 27.8 Å². The molecule has 1 aliphatic carbocycles. The number of hydrogen-bond donors (Lipinski definition) is 2. The minimum absolute atomic E-state index is 0.0422. The molecule has 0 saturated carbocycles. The standard InChI is InChI=1S/C66H64BN3O2/c1-35-20-19-21-36(2)58(35)68-49-25-18-16-23-41(49)42-31-48-52(34-51(42)68)69(60-54(71)32-43-40-22-15-17-24-45(40)66(13,14)56(43)62(60)72)53-33-46(65(10,11)12)55-44-29-39(64(7,8)9)28-37(3)59(44)70-50-27-26-38(63(4,5)6)30-47(50)67(48)57(53)61(55)70/h15-34,71-72H,1-14H3. The predicted octanol–water partition coefficient (Wildman–Crippen LogP) is 15.0. The monoisotopic (exact) mass is 942 g/mol. The molecule has 2 N–H and O–H groups in total. The third kappa shape index (κ3) is 5.78. The molecule has 13 rings (SSSR count). The highest BCUT2D eigenvalue weighted by Crippen LogP contribution is 2.60. The summed E-state index contributed by atoms with van der Waals surface area (Å²) in [5, 5.41) is 31.3. The van der Waals surface area contributed by atoms with Crippen LogP contribution in [0.4, 0.5) is 17.1 Å². The first-order valence-electron chi connectivity index (χ1n) is 25.9. The van der Waals surface area contributed by atoms with Crippen molar-refractivity contribution < 1.29 is 10.2 Å². The highest BCUT2D eigenvalue weighted by molar-refractivity contribution is 7.00. The molecule has 6 heteroatoms. The Morgan fingerprint density at radius 1 is 0.500 bits per heavy atom. The van der Waals surface area contributed by atoms with Gasteiger partial charge in [-0.1, -0.05) is 161 Å². The number of phenols is 2. The molecule has 8 aromatic carbocycles. The number of aryl methyl sites for hydroxylation is 3. The summed E-state index contributed by atoms with van der Waals surface area (Å²) < 4.78 is 5.05. The number of para-hydroxylation sites is 2. The van der Waals surface area contributed by atoms with E-state index in [1.807, 2.05) is 6.07 Å². The Balaban J connectivity index is 1.27. The van der Waals surface area contributed by atoms with Crippen LogP contribution in [0.1, 0.15) is 121 Å². The first kappa shape index (κ1) is 44.7. The number of rotatable bonds is 2. The molecule has 72 heavy (non-hydrogen) atoms. The van der Waals surface area contributed by atoms with Crippen LogP contribution in [0.15, 0.2) is 121 Å². The normalized spacial score (nSPS) is 14.7. The molecule has 0 fully saturated rings. The van der Waals surface area contributed by atoms with Crippen molar-refractivity contribution in [2.45, 2.75) is 119 Å². The van der Waals surface area contributed by atoms with Crippen LogP contribution in [-0.4, -0.2) is 26.1 Å². The van der Waals surface area contributed by atoms with Gasteiger partial charge >= 0.3 is 0 Å². The number of aromatic hydroxyl groups is 2. The molecule has 0 amide bonds. The SMILES string of the molecule is Cc1cccc(C)c1-n1c2ccccc2c2cc3c(cc21)N(c1c(O)cc2c(c1O)C(C)(C)c1ccccc1-2)c1cc(C(C)(C)C)c2c4cc(C(C)(C)C)cc(C)c4n4c2c1B3c1cc(C(C)(C)C)ccc1-4. The predicted molar refractivity (Wildman–Crippen MR) is 306 cm³/mol. The second-order valence-corrected chi connectivity index (χ2v) is 25.1. The molecule has 5 nitrogen and oxygen atoms in total. The Morgan fingerprint density at radius 2 is 1.18 bits per heavy atom. The molecule has 0 unspecified atom stereocenters. The number of nitrogens with zero attached hydrogens (tertiary/aromatic N) is 3. The van der Waals surface area contributed by atoms with Crippen molar-refractivity contribution in [1.82, 2.24) is 9.13 Å². The number of phenolic OH excluding ortho intramolecular Hbond substituents is 2. The topological polar surface area (TPSA) is 53.6 Å². The van der Waals surface area contributed by atoms with Gasteiger partial charge in [-0.3, -0.25) is 0 Å². The average Bonchev–Trinajstić information content (AvgIpc) is 3.90. The molecule has 0 radical (unpaired) electrons. The number of anilines is 3. The van der Waals surface area contributed by atoms with Crippen molar-refractivity contribution >= 4 is 83.8 Å². The van der Waals surface area contributed by atoms with Crippen LogP contribution in [0.25, 0.3) is 66.1 Å². The van der Waals surface area contributed by atoms with E-state index in [4.69, 9.17) is 0 Å². The van der Waals surface area contributed by atoms with Gasteiger partial charge in [0.1, 0.15) is 17.2 Å². The fourth-order valence-corrected chi connectivity index (χ4v) is 13.5. The zero-order valence-corrected chi connectivity index (χ0v) is 44.4. The van der Waals surface area contributed by atoms with E-state index >= 15 is 0 Å². The van der Waals surface area contributed by atoms with Crippen LogP contribution in [0.3, 0.4) is 0 Å². The Labute approximate surface area is 424 Å². The van der Waals surface area contributed by atoms with Crippen molar-refractivity contribution in [2.24, 2.45) is 0 Å². The quantitative estimate of drug-likeness (QED) is 0.170. The molecule has 358 valence electrons. The lowest BCUT2D eigenvalue weighted by Crippen LogP contribution is -2.60. The van der Waals surface area contributed by atoms with Crippen LogP contribution in [-0.2, 0) is 21.7 Å². The van der Waals surface area contributed by atoms with E-state index in [2.05, 4.69) is 226 Å². The Hall–Kier alpha value is -7.18. The summed E-state index contributed by atoms with van der Waals surface area (Å²) in [7, 11) is 0. The van der Waals surface area contributed by atoms with E-state index in [1.54, 1.807) is 0 Å². The molecule has 4 heterocycles. The van der Waals surface area contributed by atoms with Crippen LogP contribution >= 0.6 is 0 Å². The third-order valence-electron chi connectivity index (χ3n) is 17.0. The van der Waals surface area contributed by atoms with Gasteiger partial charge in [0.25, 0.3) is 6.71 Å². The Kier molecular flexibility index (Phi) is 8.87. The molecule has 0 atom stereocenters. The fourth-order valence-electron chi connectivity index (χ4n) is 13.5. The second-order valence-electron chi connectivity index (χ2n) is 25.1. The van der Waals surface area contributed by atoms with Crippen molar-refractivity contribution in [3.8, 4) is 34.0 Å². The number of fused-ring (bicyclic) bond motifs is 14. The maximum atomic E-state index is 13.4. The molecule has 3 aliphatic rings. The second kappa shape index (κ2) is 14.3. The van der Waals surface area contributed by atoms with E-state index in [9.17, 15) is 10.2 Å². The van der Waals surface area contributed by atoms with Crippen molar-refractivity contribution in [3.05, 3.63) is 166 Å². The van der Waals surface area contributed by atoms with Gasteiger partial charge in [-0.15, -0.1) is 0 Å². The van der Waals surface area contributed by atoms with E-state index < -0.39 is 5.41 Å². The first-order chi connectivity index (χ1) is 34.0. The van der Waals surface area contributed by atoms with Gasteiger partial charge in [0.2, 0.25) is 0 Å². The molecular weight excluding hydrogens is 878 g/mol. The first-order valence-corrected chi connectivity index (χ1v) is 25.9. The molecule has 10 aromatic rings. The fraction of sp³-hybridized carbons (Fsp3) is 0.273. The summed E-state index contributed by atoms with van der Waals surface area (Å²) in [6.45, 7) is 31.8. The third-order valence-corrected chi connectivity index (χ3v) is 17.0. The Morgan fingerprint density at radius 3 is 1.89 bits per heavy atom.